The Morgan fingerprint density at radius 3 is 2.79 bits per heavy atom. The van der Waals surface area contributed by atoms with E-state index in [0.29, 0.717) is 18.6 Å². The van der Waals surface area contributed by atoms with Gasteiger partial charge in [0.1, 0.15) is 11.9 Å². The molecule has 0 radical (unpaired) electrons. The number of amides is 1. The molecule has 0 saturated heterocycles. The Hall–Kier alpha value is -2.87. The molecule has 0 aliphatic heterocycles. The van der Waals surface area contributed by atoms with Gasteiger partial charge in [-0.25, -0.2) is 13.9 Å². The Kier molecular flexibility index (Phi) is 4.80. The van der Waals surface area contributed by atoms with Crippen LogP contribution in [-0.2, 0) is 6.54 Å². The lowest BCUT2D eigenvalue weighted by Crippen LogP contribution is -2.28. The summed E-state index contributed by atoms with van der Waals surface area (Å²) in [4.78, 5) is 18.7. The largest absolute Gasteiger partial charge is 0.497 e. The Morgan fingerprint density at radius 2 is 2.14 bits per heavy atom. The molecule has 146 valence electrons. The standard InChI is InChI=1S/C19H19ClFN5O2/c1-25(10-11-3-5-12(28-2)6-4-11)15-8-17(20)24-26-16(9-22-18(15)26)19(27)23-14-7-13(14)21/h3-6,8-9,13-14H,7,10H2,1-2H3,(H,23,27)/t13-,14+/m0/s1. The summed E-state index contributed by atoms with van der Waals surface area (Å²) >= 11 is 6.19. The molecule has 2 atom stereocenters. The molecule has 7 nitrogen and oxygen atoms in total. The molecule has 0 bridgehead atoms. The maximum atomic E-state index is 13.1. The summed E-state index contributed by atoms with van der Waals surface area (Å²) in [6.07, 6.45) is 0.784. The lowest BCUT2D eigenvalue weighted by Gasteiger charge is -2.20. The zero-order valence-corrected chi connectivity index (χ0v) is 16.2. The van der Waals surface area contributed by atoms with Crippen LogP contribution >= 0.6 is 11.6 Å². The molecule has 1 aliphatic rings. The number of methoxy groups -OCH3 is 1. The number of nitrogens with zero attached hydrogens (tertiary/aromatic N) is 4. The third kappa shape index (κ3) is 3.60. The highest BCUT2D eigenvalue weighted by atomic mass is 35.5. The zero-order chi connectivity index (χ0) is 19.8. The predicted octanol–water partition coefficient (Wildman–Crippen LogP) is 2.87. The van der Waals surface area contributed by atoms with Crippen LogP contribution in [0.25, 0.3) is 5.65 Å². The lowest BCUT2D eigenvalue weighted by atomic mass is 10.2. The van der Waals surface area contributed by atoms with E-state index in [2.05, 4.69) is 15.4 Å². The SMILES string of the molecule is COc1ccc(CN(C)c2cc(Cl)nn3c(C(=O)N[C@@H]4C[C@@H]4F)cnc23)cc1. The molecule has 2 heterocycles. The molecule has 9 heteroatoms. The Labute approximate surface area is 166 Å². The van der Waals surface area contributed by atoms with Crippen molar-refractivity contribution in [1.82, 2.24) is 19.9 Å². The third-order valence-corrected chi connectivity index (χ3v) is 4.85. The molecule has 1 aromatic carbocycles. The monoisotopic (exact) mass is 403 g/mol. The first kappa shape index (κ1) is 18.5. The fraction of sp³-hybridized carbons (Fsp3) is 0.316. The highest BCUT2D eigenvalue weighted by molar-refractivity contribution is 6.29. The fourth-order valence-corrected chi connectivity index (χ4v) is 3.18. The minimum Gasteiger partial charge on any atom is -0.497 e. The summed E-state index contributed by atoms with van der Waals surface area (Å²) < 4.78 is 19.7. The molecule has 4 rings (SSSR count). The molecule has 3 aromatic rings. The molecule has 1 N–H and O–H groups in total. The van der Waals surface area contributed by atoms with E-state index < -0.39 is 18.1 Å². The maximum Gasteiger partial charge on any atom is 0.271 e. The number of alkyl halides is 1. The van der Waals surface area contributed by atoms with Gasteiger partial charge < -0.3 is 15.0 Å². The minimum absolute atomic E-state index is 0.218. The van der Waals surface area contributed by atoms with Crippen LogP contribution < -0.4 is 15.0 Å². The number of imidazole rings is 1. The molecule has 2 aromatic heterocycles. The van der Waals surface area contributed by atoms with Gasteiger partial charge in [0.05, 0.1) is 25.0 Å². The van der Waals surface area contributed by atoms with E-state index in [0.717, 1.165) is 17.0 Å². The number of carbonyl (C=O) groups excluding carboxylic acids is 1. The number of rotatable bonds is 6. The Morgan fingerprint density at radius 1 is 1.43 bits per heavy atom. The molecule has 1 saturated carbocycles. The molecular weight excluding hydrogens is 385 g/mol. The number of ether oxygens (including phenoxy) is 1. The van der Waals surface area contributed by atoms with Crippen molar-refractivity contribution in [3.8, 4) is 5.75 Å². The van der Waals surface area contributed by atoms with Crippen molar-refractivity contribution >= 4 is 28.8 Å². The Bertz CT molecular complexity index is 1020. The van der Waals surface area contributed by atoms with E-state index in [1.165, 1.54) is 10.7 Å². The smallest absolute Gasteiger partial charge is 0.271 e. The quantitative estimate of drug-likeness (QED) is 0.685. The van der Waals surface area contributed by atoms with Crippen LogP contribution in [0.3, 0.4) is 0 Å². The first-order chi connectivity index (χ1) is 13.5. The predicted molar refractivity (Wildman–Crippen MR) is 104 cm³/mol. The van der Waals surface area contributed by atoms with E-state index in [1.807, 2.05) is 36.2 Å². The number of fused-ring (bicyclic) bond motifs is 1. The summed E-state index contributed by atoms with van der Waals surface area (Å²) in [7, 11) is 3.53. The summed E-state index contributed by atoms with van der Waals surface area (Å²) in [5.74, 6) is 0.368. The highest BCUT2D eigenvalue weighted by Crippen LogP contribution is 2.27. The van der Waals surface area contributed by atoms with Crippen LogP contribution in [0, 0.1) is 0 Å². The van der Waals surface area contributed by atoms with Gasteiger partial charge >= 0.3 is 0 Å². The van der Waals surface area contributed by atoms with Crippen LogP contribution in [0.4, 0.5) is 10.1 Å². The summed E-state index contributed by atoms with van der Waals surface area (Å²) in [5, 5.41) is 7.06. The number of carbonyl (C=O) groups is 1. The second-order valence-corrected chi connectivity index (χ2v) is 7.15. The average Bonchev–Trinajstić information content (AvgIpc) is 3.20. The lowest BCUT2D eigenvalue weighted by molar-refractivity contribution is 0.0940. The first-order valence-corrected chi connectivity index (χ1v) is 9.17. The zero-order valence-electron chi connectivity index (χ0n) is 15.4. The van der Waals surface area contributed by atoms with Crippen LogP contribution in [0.5, 0.6) is 5.75 Å². The van der Waals surface area contributed by atoms with Gasteiger partial charge in [0.15, 0.2) is 16.5 Å². The van der Waals surface area contributed by atoms with Gasteiger partial charge in [0.2, 0.25) is 0 Å². The number of anilines is 1. The first-order valence-electron chi connectivity index (χ1n) is 8.79. The Balaban J connectivity index is 1.61. The molecule has 1 amide bonds. The van der Waals surface area contributed by atoms with Gasteiger partial charge in [-0.3, -0.25) is 4.79 Å². The highest BCUT2D eigenvalue weighted by Gasteiger charge is 2.39. The summed E-state index contributed by atoms with van der Waals surface area (Å²) in [6, 6.07) is 9.01. The van der Waals surface area contributed by atoms with E-state index in [4.69, 9.17) is 16.3 Å². The van der Waals surface area contributed by atoms with Gasteiger partial charge in [0.25, 0.3) is 5.91 Å². The average molecular weight is 404 g/mol. The number of benzene rings is 1. The molecule has 1 aliphatic carbocycles. The van der Waals surface area contributed by atoms with Crippen molar-refractivity contribution in [3.63, 3.8) is 0 Å². The fourth-order valence-electron chi connectivity index (χ4n) is 3.00. The van der Waals surface area contributed by atoms with E-state index in [1.54, 1.807) is 13.2 Å². The summed E-state index contributed by atoms with van der Waals surface area (Å²) in [6.45, 7) is 0.597. The van der Waals surface area contributed by atoms with Gasteiger partial charge in [0, 0.05) is 26.1 Å². The maximum absolute atomic E-state index is 13.1. The van der Waals surface area contributed by atoms with Crippen molar-refractivity contribution < 1.29 is 13.9 Å². The van der Waals surface area contributed by atoms with Crippen LogP contribution in [0.1, 0.15) is 22.5 Å². The topological polar surface area (TPSA) is 71.8 Å². The van der Waals surface area contributed by atoms with Crippen molar-refractivity contribution in [1.29, 1.82) is 0 Å². The van der Waals surface area contributed by atoms with Gasteiger partial charge in [-0.1, -0.05) is 23.7 Å². The molecular formula is C19H19ClFN5O2. The molecule has 1 fully saturated rings. The number of halogens is 2. The van der Waals surface area contributed by atoms with Crippen molar-refractivity contribution in [2.75, 3.05) is 19.1 Å². The second kappa shape index (κ2) is 7.27. The number of nitrogens with one attached hydrogen (secondary N) is 1. The number of aromatic nitrogens is 3. The van der Waals surface area contributed by atoms with Gasteiger partial charge in [-0.05, 0) is 17.7 Å². The minimum atomic E-state index is -0.981. The van der Waals surface area contributed by atoms with Crippen molar-refractivity contribution in [2.45, 2.75) is 25.2 Å². The van der Waals surface area contributed by atoms with Crippen LogP contribution in [0.15, 0.2) is 36.5 Å². The second-order valence-electron chi connectivity index (χ2n) is 6.77. The van der Waals surface area contributed by atoms with E-state index >= 15 is 0 Å². The normalized spacial score (nSPS) is 18.1. The van der Waals surface area contributed by atoms with Gasteiger partial charge in [-0.15, -0.1) is 0 Å². The van der Waals surface area contributed by atoms with Crippen LogP contribution in [0.2, 0.25) is 5.15 Å². The summed E-state index contributed by atoms with van der Waals surface area (Å²) in [5.41, 5.74) is 2.51. The van der Waals surface area contributed by atoms with Crippen LogP contribution in [-0.4, -0.2) is 46.9 Å². The van der Waals surface area contributed by atoms with E-state index in [-0.39, 0.29) is 10.8 Å². The van der Waals surface area contributed by atoms with Crippen molar-refractivity contribution in [3.05, 3.63) is 52.9 Å². The molecule has 0 spiro atoms. The third-order valence-electron chi connectivity index (χ3n) is 4.67. The number of hydrogen-bond acceptors (Lipinski definition) is 5. The molecule has 0 unspecified atom stereocenters. The van der Waals surface area contributed by atoms with Crippen molar-refractivity contribution in [2.24, 2.45) is 0 Å². The van der Waals surface area contributed by atoms with E-state index in [9.17, 15) is 9.18 Å². The molecule has 28 heavy (non-hydrogen) atoms. The number of hydrogen-bond donors (Lipinski definition) is 1. The van der Waals surface area contributed by atoms with Gasteiger partial charge in [-0.2, -0.15) is 5.10 Å².